The molecule has 0 saturated carbocycles. The van der Waals surface area contributed by atoms with Crippen LogP contribution in [0, 0.1) is 0 Å². The van der Waals surface area contributed by atoms with Gasteiger partial charge in [0.2, 0.25) is 0 Å². The fraction of sp³-hybridized carbons (Fsp3) is 0.0488. The smallest absolute Gasteiger partial charge is 0.0649 e. The van der Waals surface area contributed by atoms with Crippen LogP contribution >= 0.6 is 0 Å². The summed E-state index contributed by atoms with van der Waals surface area (Å²) in [5, 5.41) is 4.93. The van der Waals surface area contributed by atoms with Crippen molar-refractivity contribution >= 4 is 38.4 Å². The Hall–Kier alpha value is -5.27. The van der Waals surface area contributed by atoms with E-state index in [1.165, 1.54) is 38.2 Å². The molecular formula is C41H33N. The third-order valence-electron chi connectivity index (χ3n) is 7.76. The normalized spacial score (nSPS) is 12.3. The van der Waals surface area contributed by atoms with Gasteiger partial charge in [-0.3, -0.25) is 4.99 Å². The number of hydrogen-bond acceptors (Lipinski definition) is 1. The summed E-state index contributed by atoms with van der Waals surface area (Å²) in [6, 6.07) is 47.5. The molecule has 0 aliphatic carbocycles. The average molecular weight is 540 g/mol. The number of nitrogens with zero attached hydrogens (tertiary/aromatic N) is 1. The topological polar surface area (TPSA) is 12.4 Å². The van der Waals surface area contributed by atoms with E-state index in [9.17, 15) is 0 Å². The predicted octanol–water partition coefficient (Wildman–Crippen LogP) is 10.8. The van der Waals surface area contributed by atoms with Gasteiger partial charge in [-0.2, -0.15) is 0 Å². The Morgan fingerprint density at radius 1 is 0.595 bits per heavy atom. The molecule has 1 nitrogen and oxygen atoms in total. The van der Waals surface area contributed by atoms with Crippen LogP contribution in [0.25, 0.3) is 43.8 Å². The van der Waals surface area contributed by atoms with Crippen LogP contribution in [0.2, 0.25) is 0 Å². The van der Waals surface area contributed by atoms with E-state index in [2.05, 4.69) is 146 Å². The van der Waals surface area contributed by atoms with Crippen molar-refractivity contribution in [3.8, 4) is 11.1 Å². The second-order valence-corrected chi connectivity index (χ2v) is 10.4. The summed E-state index contributed by atoms with van der Waals surface area (Å²) in [6.45, 7) is 6.33. The summed E-state index contributed by atoms with van der Waals surface area (Å²) in [5.41, 5.74) is 9.88. The fourth-order valence-corrected chi connectivity index (χ4v) is 5.68. The number of aliphatic imine (C=N–C) groups is 1. The Kier molecular flexibility index (Phi) is 7.74. The Bertz CT molecular complexity index is 2000. The molecule has 0 heterocycles. The molecule has 0 N–H and O–H groups in total. The molecule has 0 bridgehead atoms. The van der Waals surface area contributed by atoms with Crippen LogP contribution in [-0.4, -0.2) is 12.8 Å². The monoisotopic (exact) mass is 539 g/mol. The first kappa shape index (κ1) is 26.9. The Morgan fingerprint density at radius 3 is 2.02 bits per heavy atom. The molecular weight excluding hydrogens is 506 g/mol. The molecule has 0 radical (unpaired) electrons. The highest BCUT2D eigenvalue weighted by Gasteiger charge is 2.15. The lowest BCUT2D eigenvalue weighted by Crippen LogP contribution is -2.01. The van der Waals surface area contributed by atoms with Crippen LogP contribution in [0.3, 0.4) is 0 Å². The molecule has 42 heavy (non-hydrogen) atoms. The molecule has 0 unspecified atom stereocenters. The summed E-state index contributed by atoms with van der Waals surface area (Å²) >= 11 is 0. The summed E-state index contributed by atoms with van der Waals surface area (Å²) < 4.78 is 0. The molecule has 0 fully saturated rings. The maximum atomic E-state index is 4.82. The van der Waals surface area contributed by atoms with Crippen molar-refractivity contribution < 1.29 is 0 Å². The van der Waals surface area contributed by atoms with Gasteiger partial charge < -0.3 is 0 Å². The number of benzene rings is 6. The first-order valence-corrected chi connectivity index (χ1v) is 14.3. The highest BCUT2D eigenvalue weighted by atomic mass is 14.7. The molecule has 202 valence electrons. The molecule has 6 rings (SSSR count). The molecule has 0 aromatic heterocycles. The van der Waals surface area contributed by atoms with E-state index in [0.29, 0.717) is 0 Å². The van der Waals surface area contributed by atoms with Gasteiger partial charge in [0.05, 0.1) is 5.71 Å². The minimum Gasteiger partial charge on any atom is -0.288 e. The van der Waals surface area contributed by atoms with Crippen molar-refractivity contribution in [3.63, 3.8) is 0 Å². The van der Waals surface area contributed by atoms with Gasteiger partial charge in [0.25, 0.3) is 0 Å². The van der Waals surface area contributed by atoms with Crippen molar-refractivity contribution in [1.82, 2.24) is 0 Å². The molecule has 1 heteroatoms. The minimum atomic E-state index is 0.928. The summed E-state index contributed by atoms with van der Waals surface area (Å²) in [5.74, 6) is 0. The lowest BCUT2D eigenvalue weighted by Gasteiger charge is -2.16. The van der Waals surface area contributed by atoms with Crippen molar-refractivity contribution in [1.29, 1.82) is 0 Å². The van der Waals surface area contributed by atoms with E-state index in [1.807, 2.05) is 26.1 Å². The summed E-state index contributed by atoms with van der Waals surface area (Å²) in [7, 11) is 1.88. The molecule has 6 aromatic rings. The molecule has 0 spiro atoms. The fourth-order valence-electron chi connectivity index (χ4n) is 5.68. The average Bonchev–Trinajstić information content (AvgIpc) is 3.06. The van der Waals surface area contributed by atoms with Crippen LogP contribution in [0.1, 0.15) is 29.2 Å². The molecule has 0 saturated heterocycles. The quantitative estimate of drug-likeness (QED) is 0.109. The minimum absolute atomic E-state index is 0.928. The number of hydrogen-bond donors (Lipinski definition) is 0. The van der Waals surface area contributed by atoms with Crippen molar-refractivity contribution in [2.75, 3.05) is 7.05 Å². The third-order valence-corrected chi connectivity index (χ3v) is 7.76. The Balaban J connectivity index is 1.60. The van der Waals surface area contributed by atoms with Gasteiger partial charge in [-0.1, -0.05) is 134 Å². The second-order valence-electron chi connectivity index (χ2n) is 10.4. The Morgan fingerprint density at radius 2 is 1.24 bits per heavy atom. The van der Waals surface area contributed by atoms with Gasteiger partial charge in [0, 0.05) is 12.6 Å². The highest BCUT2D eigenvalue weighted by Crippen LogP contribution is 2.36. The van der Waals surface area contributed by atoms with E-state index in [1.54, 1.807) is 0 Å². The van der Waals surface area contributed by atoms with Crippen LogP contribution in [0.5, 0.6) is 0 Å². The van der Waals surface area contributed by atoms with Gasteiger partial charge >= 0.3 is 0 Å². The zero-order chi connectivity index (χ0) is 28.9. The van der Waals surface area contributed by atoms with Crippen molar-refractivity contribution in [3.05, 3.63) is 181 Å². The first-order valence-electron chi connectivity index (χ1n) is 14.3. The molecule has 0 aliphatic heterocycles. The number of rotatable bonds is 7. The SMILES string of the molecule is C=C(/C=C\C)c1cccc(/C(=C/C(=NC)c2cccc(-c3ccccc3)c2)c2cc3ccccc3c3ccccc23)c1. The van der Waals surface area contributed by atoms with E-state index in [-0.39, 0.29) is 0 Å². The van der Waals surface area contributed by atoms with E-state index in [4.69, 9.17) is 4.99 Å². The second kappa shape index (κ2) is 12.1. The van der Waals surface area contributed by atoms with E-state index in [0.717, 1.165) is 33.5 Å². The Labute approximate surface area is 248 Å². The maximum Gasteiger partial charge on any atom is 0.0649 e. The molecule has 0 aliphatic rings. The largest absolute Gasteiger partial charge is 0.288 e. The summed E-state index contributed by atoms with van der Waals surface area (Å²) in [6.07, 6.45) is 6.34. The lowest BCUT2D eigenvalue weighted by molar-refractivity contribution is 1.43. The van der Waals surface area contributed by atoms with Gasteiger partial charge in [0.1, 0.15) is 0 Å². The number of fused-ring (bicyclic) bond motifs is 3. The van der Waals surface area contributed by atoms with E-state index < -0.39 is 0 Å². The highest BCUT2D eigenvalue weighted by molar-refractivity contribution is 6.18. The van der Waals surface area contributed by atoms with Crippen molar-refractivity contribution in [2.45, 2.75) is 6.92 Å². The summed E-state index contributed by atoms with van der Waals surface area (Å²) in [4.78, 5) is 4.82. The van der Waals surface area contributed by atoms with Crippen LogP contribution in [-0.2, 0) is 0 Å². The van der Waals surface area contributed by atoms with Crippen LogP contribution in [0.15, 0.2) is 163 Å². The number of allylic oxidation sites excluding steroid dienone is 4. The standard InChI is InChI=1S/C41H33N/c1-4-14-29(2)31-18-12-20-33(25-31)39(40-27-34-17-8-9-22-36(34)37-23-10-11-24-38(37)40)28-41(42-3)35-21-13-19-32(26-35)30-15-6-5-7-16-30/h4-28H,2H2,1,3H3/b14-4-,39-28-,42-41?. The molecule has 0 atom stereocenters. The van der Waals surface area contributed by atoms with Gasteiger partial charge in [0.15, 0.2) is 0 Å². The molecule has 0 amide bonds. The maximum absolute atomic E-state index is 4.82. The van der Waals surface area contributed by atoms with Crippen LogP contribution < -0.4 is 0 Å². The van der Waals surface area contributed by atoms with Gasteiger partial charge in [-0.05, 0) is 91.7 Å². The van der Waals surface area contributed by atoms with Gasteiger partial charge in [-0.25, -0.2) is 0 Å². The third kappa shape index (κ3) is 5.38. The van der Waals surface area contributed by atoms with Crippen LogP contribution in [0.4, 0.5) is 0 Å². The lowest BCUT2D eigenvalue weighted by atomic mass is 9.87. The zero-order valence-electron chi connectivity index (χ0n) is 24.1. The molecule has 6 aromatic carbocycles. The zero-order valence-corrected chi connectivity index (χ0v) is 24.1. The van der Waals surface area contributed by atoms with E-state index >= 15 is 0 Å². The predicted molar refractivity (Wildman–Crippen MR) is 183 cm³/mol. The first-order chi connectivity index (χ1) is 20.7. The van der Waals surface area contributed by atoms with Gasteiger partial charge in [-0.15, -0.1) is 0 Å². The van der Waals surface area contributed by atoms with Crippen molar-refractivity contribution in [2.24, 2.45) is 4.99 Å².